The van der Waals surface area contributed by atoms with E-state index in [4.69, 9.17) is 5.11 Å². The summed E-state index contributed by atoms with van der Waals surface area (Å²) >= 11 is 1.56. The van der Waals surface area contributed by atoms with Crippen LogP contribution >= 0.6 is 11.3 Å². The van der Waals surface area contributed by atoms with E-state index >= 15 is 0 Å². The minimum absolute atomic E-state index is 0.00398. The van der Waals surface area contributed by atoms with Crippen molar-refractivity contribution in [2.24, 2.45) is 0 Å². The van der Waals surface area contributed by atoms with Gasteiger partial charge < -0.3 is 25.8 Å². The maximum atomic E-state index is 10.4. The van der Waals surface area contributed by atoms with E-state index < -0.39 is 12.1 Å². The van der Waals surface area contributed by atoms with Crippen LogP contribution in [-0.4, -0.2) is 22.8 Å². The number of carbonyl (C=O) groups excluding carboxylic acids is 1. The van der Waals surface area contributed by atoms with Crippen LogP contribution in [0.4, 0.5) is 0 Å². The highest BCUT2D eigenvalue weighted by Crippen LogP contribution is 2.26. The predicted octanol–water partition coefficient (Wildman–Crippen LogP) is 3.29. The maximum Gasteiger partial charge on any atom is 0.140 e. The van der Waals surface area contributed by atoms with Crippen LogP contribution in [0.5, 0.6) is 0 Å². The summed E-state index contributed by atoms with van der Waals surface area (Å²) < 4.78 is 1.12. The molecule has 0 radical (unpaired) electrons. The van der Waals surface area contributed by atoms with Crippen LogP contribution in [0.25, 0.3) is 10.1 Å². The fourth-order valence-corrected chi connectivity index (χ4v) is 4.05. The molecule has 0 spiro atoms. The van der Waals surface area contributed by atoms with Crippen LogP contribution in [0.15, 0.2) is 90.3 Å². The molecule has 6 heteroatoms. The van der Waals surface area contributed by atoms with Gasteiger partial charge in [-0.1, -0.05) is 85.8 Å². The minimum Gasteiger partial charge on any atom is -0.550 e. The summed E-state index contributed by atoms with van der Waals surface area (Å²) in [6.07, 6.45) is 0.327. The normalized spacial score (nSPS) is 12.0. The summed E-state index contributed by atoms with van der Waals surface area (Å²) in [7, 11) is 0. The zero-order valence-electron chi connectivity index (χ0n) is 18.8. The summed E-state index contributed by atoms with van der Waals surface area (Å²) in [5, 5.41) is 31.4. The van der Waals surface area contributed by atoms with E-state index in [9.17, 15) is 15.0 Å². The van der Waals surface area contributed by atoms with Crippen molar-refractivity contribution in [1.29, 1.82) is 0 Å². The van der Waals surface area contributed by atoms with E-state index in [-0.39, 0.29) is 12.5 Å². The standard InChI is InChI=1S/C14H15NO.C10H8O2S.C3H8O/c15-13(11-7-3-1-4-8-11)14(16)12-9-5-2-6-10-12;11-10(12)5-7-6-13-9-4-2-1-3-8(7)9;1-2-3-4/h1-10,13-14,16H,15H2;1-4,6H,5H2,(H,11,12);4H,2-3H2,1H3/t13-,14+;;/m0../s1. The van der Waals surface area contributed by atoms with Crippen molar-refractivity contribution in [2.75, 3.05) is 6.61 Å². The summed E-state index contributed by atoms with van der Waals surface area (Å²) in [6, 6.07) is 27.2. The van der Waals surface area contributed by atoms with Gasteiger partial charge in [0.05, 0.1) is 0 Å². The van der Waals surface area contributed by atoms with Gasteiger partial charge in [-0.25, -0.2) is 0 Å². The zero-order chi connectivity index (χ0) is 24.1. The molecule has 3 aromatic carbocycles. The first-order valence-corrected chi connectivity index (χ1v) is 11.7. The quantitative estimate of drug-likeness (QED) is 0.406. The number of carboxylic acids is 1. The fourth-order valence-electron chi connectivity index (χ4n) is 3.09. The van der Waals surface area contributed by atoms with Gasteiger partial charge in [0.25, 0.3) is 0 Å². The van der Waals surface area contributed by atoms with Gasteiger partial charge in [0.2, 0.25) is 0 Å². The van der Waals surface area contributed by atoms with Crippen LogP contribution in [0.2, 0.25) is 0 Å². The Morgan fingerprint density at radius 1 is 0.939 bits per heavy atom. The van der Waals surface area contributed by atoms with Gasteiger partial charge in [0, 0.05) is 29.3 Å². The third-order valence-electron chi connectivity index (χ3n) is 4.87. The predicted molar refractivity (Wildman–Crippen MR) is 131 cm³/mol. The van der Waals surface area contributed by atoms with Gasteiger partial charge in [0.1, 0.15) is 12.1 Å². The summed E-state index contributed by atoms with van der Waals surface area (Å²) in [5.74, 6) is -1.02. The number of quaternary nitrogens is 1. The van der Waals surface area contributed by atoms with Gasteiger partial charge in [-0.2, -0.15) is 0 Å². The van der Waals surface area contributed by atoms with E-state index in [0.29, 0.717) is 6.61 Å². The van der Waals surface area contributed by atoms with Crippen LogP contribution < -0.4 is 10.8 Å². The Hall–Kier alpha value is -3.03. The number of rotatable bonds is 6. The Balaban J connectivity index is 0.000000204. The lowest BCUT2D eigenvalue weighted by Crippen LogP contribution is -2.56. The first-order valence-electron chi connectivity index (χ1n) is 10.8. The number of aliphatic hydroxyl groups is 2. The SMILES string of the molecule is CCCO.O=C([O-])Cc1csc2ccccc12.[NH3+][C@@H](c1ccccc1)[C@H](O)c1ccccc1. The molecule has 0 bridgehead atoms. The Morgan fingerprint density at radius 3 is 2.00 bits per heavy atom. The second-order valence-electron chi connectivity index (χ2n) is 7.40. The van der Waals surface area contributed by atoms with Crippen molar-refractivity contribution in [3.63, 3.8) is 0 Å². The summed E-state index contributed by atoms with van der Waals surface area (Å²) in [6.45, 7) is 2.25. The highest BCUT2D eigenvalue weighted by Gasteiger charge is 2.21. The number of benzene rings is 3. The van der Waals surface area contributed by atoms with E-state index in [0.717, 1.165) is 33.2 Å². The van der Waals surface area contributed by atoms with Crippen LogP contribution in [-0.2, 0) is 11.2 Å². The van der Waals surface area contributed by atoms with E-state index in [1.54, 1.807) is 11.3 Å². The second-order valence-corrected chi connectivity index (χ2v) is 8.31. The van der Waals surface area contributed by atoms with Crippen molar-refractivity contribution in [2.45, 2.75) is 31.9 Å². The molecular weight excluding hydrogens is 434 g/mol. The zero-order valence-corrected chi connectivity index (χ0v) is 19.6. The first kappa shape index (κ1) is 26.2. The molecule has 5 N–H and O–H groups in total. The van der Waals surface area contributed by atoms with Gasteiger partial charge in [0.15, 0.2) is 0 Å². The average molecular weight is 466 g/mol. The van der Waals surface area contributed by atoms with E-state index in [1.165, 1.54) is 0 Å². The molecule has 174 valence electrons. The Morgan fingerprint density at radius 2 is 1.45 bits per heavy atom. The largest absolute Gasteiger partial charge is 0.550 e. The van der Waals surface area contributed by atoms with E-state index in [1.807, 2.05) is 97.2 Å². The van der Waals surface area contributed by atoms with Gasteiger partial charge in [-0.3, -0.25) is 0 Å². The monoisotopic (exact) mass is 465 g/mol. The molecule has 2 atom stereocenters. The Labute approximate surface area is 198 Å². The minimum atomic E-state index is -1.02. The van der Waals surface area contributed by atoms with Crippen LogP contribution in [0.3, 0.4) is 0 Å². The number of hydrogen-bond donors (Lipinski definition) is 3. The smallest absolute Gasteiger partial charge is 0.140 e. The van der Waals surface area contributed by atoms with Crippen molar-refractivity contribution < 1.29 is 25.8 Å². The molecule has 33 heavy (non-hydrogen) atoms. The number of fused-ring (bicyclic) bond motifs is 1. The third kappa shape index (κ3) is 8.44. The molecule has 0 aliphatic heterocycles. The molecular formula is C27H31NO4S. The topological polar surface area (TPSA) is 108 Å². The summed E-state index contributed by atoms with van der Waals surface area (Å²) in [4.78, 5) is 10.4. The van der Waals surface area contributed by atoms with Crippen molar-refractivity contribution in [3.05, 3.63) is 107 Å². The molecule has 0 saturated heterocycles. The molecule has 4 aromatic rings. The van der Waals surface area contributed by atoms with Gasteiger partial charge >= 0.3 is 0 Å². The molecule has 0 fully saturated rings. The van der Waals surface area contributed by atoms with Crippen LogP contribution in [0.1, 0.15) is 42.2 Å². The molecule has 0 saturated carbocycles. The fraction of sp³-hybridized carbons (Fsp3) is 0.222. The maximum absolute atomic E-state index is 10.4. The first-order chi connectivity index (χ1) is 16.0. The average Bonchev–Trinajstić information content (AvgIpc) is 3.27. The Bertz CT molecular complexity index is 1040. The highest BCUT2D eigenvalue weighted by molar-refractivity contribution is 7.17. The molecule has 5 nitrogen and oxygen atoms in total. The van der Waals surface area contributed by atoms with E-state index in [2.05, 4.69) is 5.73 Å². The molecule has 0 aliphatic rings. The number of carboxylic acid groups (broad SMARTS) is 1. The number of carbonyl (C=O) groups is 1. The lowest BCUT2D eigenvalue weighted by molar-refractivity contribution is -0.446. The molecule has 0 unspecified atom stereocenters. The number of hydrogen-bond acceptors (Lipinski definition) is 5. The third-order valence-corrected chi connectivity index (χ3v) is 5.88. The van der Waals surface area contributed by atoms with Crippen molar-refractivity contribution in [3.8, 4) is 0 Å². The van der Waals surface area contributed by atoms with Crippen molar-refractivity contribution in [1.82, 2.24) is 0 Å². The number of thiophene rings is 1. The molecule has 4 rings (SSSR count). The van der Waals surface area contributed by atoms with Gasteiger partial charge in [-0.05, 0) is 34.4 Å². The second kappa shape index (κ2) is 14.2. The molecule has 0 aliphatic carbocycles. The number of aliphatic hydroxyl groups excluding tert-OH is 2. The highest BCUT2D eigenvalue weighted by atomic mass is 32.1. The lowest BCUT2D eigenvalue weighted by Gasteiger charge is -2.16. The number of aliphatic carboxylic acids is 1. The molecule has 0 amide bonds. The van der Waals surface area contributed by atoms with Crippen LogP contribution in [0, 0.1) is 0 Å². The summed E-state index contributed by atoms with van der Waals surface area (Å²) in [5.41, 5.74) is 6.85. The molecule has 1 heterocycles. The van der Waals surface area contributed by atoms with Crippen molar-refractivity contribution >= 4 is 27.4 Å². The Kier molecular flexibility index (Phi) is 11.3. The molecule has 1 aromatic heterocycles. The lowest BCUT2D eigenvalue weighted by atomic mass is 9.97. The van der Waals surface area contributed by atoms with Gasteiger partial charge in [-0.15, -0.1) is 11.3 Å².